The summed E-state index contributed by atoms with van der Waals surface area (Å²) in [6.45, 7) is 0.605. The minimum atomic E-state index is 0.0187. The fourth-order valence-corrected chi connectivity index (χ4v) is 2.46. The molecule has 1 aliphatic heterocycles. The molecule has 3 heteroatoms. The second-order valence-corrected chi connectivity index (χ2v) is 4.65. The number of carbonyl (C=O) groups excluding carboxylic acids is 1. The normalized spacial score (nSPS) is 18.6. The Morgan fingerprint density at radius 1 is 1.11 bits per heavy atom. The summed E-state index contributed by atoms with van der Waals surface area (Å²) in [6.07, 6.45) is 9.82. The van der Waals surface area contributed by atoms with Crippen molar-refractivity contribution in [2.24, 2.45) is 5.92 Å². The van der Waals surface area contributed by atoms with E-state index in [1.54, 1.807) is 4.90 Å². The molecule has 3 rings (SSSR count). The van der Waals surface area contributed by atoms with Crippen LogP contribution in [0.15, 0.2) is 48.8 Å². The van der Waals surface area contributed by atoms with Crippen LogP contribution in [0.5, 0.6) is 0 Å². The average molecular weight is 250 g/mol. The van der Waals surface area contributed by atoms with Crippen molar-refractivity contribution in [3.05, 3.63) is 48.8 Å². The van der Waals surface area contributed by atoms with Gasteiger partial charge in [0.25, 0.3) is 0 Å². The van der Waals surface area contributed by atoms with Gasteiger partial charge in [-0.15, -0.1) is 12.3 Å². The highest BCUT2D eigenvalue weighted by Crippen LogP contribution is 2.30. The topological polar surface area (TPSA) is 25.2 Å². The standard InChI is InChI=1S/C16H14N2O/c1-2-13-11-16(19)18(12-13)15-8-4-3-7-14(15)17-9-5-6-10-17/h1,3-10,13H,11-12H2. The Hall–Kier alpha value is -2.47. The van der Waals surface area contributed by atoms with Crippen molar-refractivity contribution in [1.82, 2.24) is 4.57 Å². The number of para-hydroxylation sites is 2. The number of anilines is 1. The van der Waals surface area contributed by atoms with Crippen molar-refractivity contribution in [3.8, 4) is 18.0 Å². The van der Waals surface area contributed by atoms with Crippen LogP contribution in [0, 0.1) is 18.3 Å². The number of terminal acetylenes is 1. The zero-order chi connectivity index (χ0) is 13.2. The fraction of sp³-hybridized carbons (Fsp3) is 0.188. The van der Waals surface area contributed by atoms with Gasteiger partial charge in [-0.25, -0.2) is 0 Å². The van der Waals surface area contributed by atoms with Crippen LogP contribution in [0.4, 0.5) is 5.69 Å². The van der Waals surface area contributed by atoms with Crippen LogP contribution in [0.3, 0.4) is 0 Å². The van der Waals surface area contributed by atoms with Crippen molar-refractivity contribution >= 4 is 11.6 Å². The largest absolute Gasteiger partial charge is 0.322 e. The Morgan fingerprint density at radius 2 is 1.79 bits per heavy atom. The number of amides is 1. The predicted molar refractivity (Wildman–Crippen MR) is 75.1 cm³/mol. The number of hydrogen-bond donors (Lipinski definition) is 0. The van der Waals surface area contributed by atoms with Crippen LogP contribution in [0.25, 0.3) is 5.69 Å². The Kier molecular flexibility index (Phi) is 2.85. The molecular weight excluding hydrogens is 236 g/mol. The van der Waals surface area contributed by atoms with Gasteiger partial charge in [-0.05, 0) is 24.3 Å². The minimum absolute atomic E-state index is 0.0187. The maximum atomic E-state index is 12.1. The average Bonchev–Trinajstić information content (AvgIpc) is 3.08. The maximum absolute atomic E-state index is 12.1. The molecular formula is C16H14N2O. The van der Waals surface area contributed by atoms with E-state index in [2.05, 4.69) is 5.92 Å². The Bertz CT molecular complexity index is 637. The molecule has 19 heavy (non-hydrogen) atoms. The molecule has 1 saturated heterocycles. The number of hydrogen-bond acceptors (Lipinski definition) is 1. The molecule has 0 spiro atoms. The third-order valence-electron chi connectivity index (χ3n) is 3.42. The van der Waals surface area contributed by atoms with Gasteiger partial charge in [-0.1, -0.05) is 12.1 Å². The molecule has 0 bridgehead atoms. The first-order valence-electron chi connectivity index (χ1n) is 6.28. The van der Waals surface area contributed by atoms with E-state index in [1.807, 2.05) is 53.4 Å². The molecule has 2 aromatic rings. The van der Waals surface area contributed by atoms with Crippen molar-refractivity contribution < 1.29 is 4.79 Å². The van der Waals surface area contributed by atoms with Crippen LogP contribution in [-0.2, 0) is 4.79 Å². The van der Waals surface area contributed by atoms with E-state index >= 15 is 0 Å². The number of benzene rings is 1. The molecule has 1 unspecified atom stereocenters. The molecule has 1 aromatic carbocycles. The van der Waals surface area contributed by atoms with Crippen molar-refractivity contribution in [2.45, 2.75) is 6.42 Å². The Morgan fingerprint density at radius 3 is 2.42 bits per heavy atom. The first-order chi connectivity index (χ1) is 9.29. The molecule has 0 N–H and O–H groups in total. The van der Waals surface area contributed by atoms with E-state index in [1.165, 1.54) is 0 Å². The summed E-state index contributed by atoms with van der Waals surface area (Å²) in [5.41, 5.74) is 1.92. The molecule has 3 nitrogen and oxygen atoms in total. The van der Waals surface area contributed by atoms with Crippen molar-refractivity contribution in [1.29, 1.82) is 0 Å². The molecule has 1 atom stereocenters. The van der Waals surface area contributed by atoms with Crippen molar-refractivity contribution in [2.75, 3.05) is 11.4 Å². The first-order valence-corrected chi connectivity index (χ1v) is 6.28. The lowest BCUT2D eigenvalue weighted by Crippen LogP contribution is -2.25. The van der Waals surface area contributed by atoms with Crippen LogP contribution in [0.1, 0.15) is 6.42 Å². The smallest absolute Gasteiger partial charge is 0.228 e. The summed E-state index contributed by atoms with van der Waals surface area (Å²) < 4.78 is 2.01. The van der Waals surface area contributed by atoms with Crippen LogP contribution in [0.2, 0.25) is 0 Å². The van der Waals surface area contributed by atoms with Gasteiger partial charge in [0.1, 0.15) is 0 Å². The summed E-state index contributed by atoms with van der Waals surface area (Å²) in [6, 6.07) is 11.8. The molecule has 1 fully saturated rings. The van der Waals surface area contributed by atoms with Gasteiger partial charge >= 0.3 is 0 Å². The van der Waals surface area contributed by atoms with Gasteiger partial charge in [0, 0.05) is 31.3 Å². The van der Waals surface area contributed by atoms with E-state index in [0.717, 1.165) is 11.4 Å². The molecule has 0 radical (unpaired) electrons. The lowest BCUT2D eigenvalue weighted by atomic mass is 10.1. The number of nitrogens with zero attached hydrogens (tertiary/aromatic N) is 2. The van der Waals surface area contributed by atoms with Crippen LogP contribution >= 0.6 is 0 Å². The molecule has 2 heterocycles. The SMILES string of the molecule is C#CC1CC(=O)N(c2ccccc2-n2cccc2)C1. The summed E-state index contributed by atoms with van der Waals surface area (Å²) in [4.78, 5) is 13.9. The summed E-state index contributed by atoms with van der Waals surface area (Å²) in [5.74, 6) is 2.80. The fourth-order valence-electron chi connectivity index (χ4n) is 2.46. The van der Waals surface area contributed by atoms with Gasteiger partial charge in [0.15, 0.2) is 0 Å². The molecule has 0 saturated carbocycles. The highest BCUT2D eigenvalue weighted by Gasteiger charge is 2.30. The molecule has 1 aromatic heterocycles. The second-order valence-electron chi connectivity index (χ2n) is 4.65. The second kappa shape index (κ2) is 4.66. The van der Waals surface area contributed by atoms with Gasteiger partial charge in [-0.2, -0.15) is 0 Å². The van der Waals surface area contributed by atoms with E-state index in [0.29, 0.717) is 13.0 Å². The third-order valence-corrected chi connectivity index (χ3v) is 3.42. The quantitative estimate of drug-likeness (QED) is 0.752. The van der Waals surface area contributed by atoms with E-state index in [9.17, 15) is 4.79 Å². The lowest BCUT2D eigenvalue weighted by Gasteiger charge is -2.20. The van der Waals surface area contributed by atoms with E-state index in [-0.39, 0.29) is 11.8 Å². The monoisotopic (exact) mass is 250 g/mol. The minimum Gasteiger partial charge on any atom is -0.322 e. The zero-order valence-corrected chi connectivity index (χ0v) is 10.5. The number of rotatable bonds is 2. The van der Waals surface area contributed by atoms with Crippen molar-refractivity contribution in [3.63, 3.8) is 0 Å². The molecule has 1 aliphatic rings. The zero-order valence-electron chi connectivity index (χ0n) is 10.5. The van der Waals surface area contributed by atoms with Crippen LogP contribution in [-0.4, -0.2) is 17.0 Å². The highest BCUT2D eigenvalue weighted by molar-refractivity contribution is 5.98. The van der Waals surface area contributed by atoms with Crippen LogP contribution < -0.4 is 4.90 Å². The predicted octanol–water partition coefficient (Wildman–Crippen LogP) is 2.46. The summed E-state index contributed by atoms with van der Waals surface area (Å²) >= 11 is 0. The maximum Gasteiger partial charge on any atom is 0.228 e. The summed E-state index contributed by atoms with van der Waals surface area (Å²) in [5, 5.41) is 0. The number of carbonyl (C=O) groups is 1. The number of aromatic nitrogens is 1. The third kappa shape index (κ3) is 2.02. The van der Waals surface area contributed by atoms with Gasteiger partial charge in [0.2, 0.25) is 5.91 Å². The Balaban J connectivity index is 2.03. The summed E-state index contributed by atoms with van der Waals surface area (Å²) in [7, 11) is 0. The van der Waals surface area contributed by atoms with Gasteiger partial charge < -0.3 is 9.47 Å². The first kappa shape index (κ1) is 11.6. The molecule has 94 valence electrons. The highest BCUT2D eigenvalue weighted by atomic mass is 16.2. The van der Waals surface area contributed by atoms with Gasteiger partial charge in [0.05, 0.1) is 11.4 Å². The van der Waals surface area contributed by atoms with Gasteiger partial charge in [-0.3, -0.25) is 4.79 Å². The molecule has 1 amide bonds. The Labute approximate surface area is 112 Å². The van der Waals surface area contributed by atoms with E-state index < -0.39 is 0 Å². The lowest BCUT2D eigenvalue weighted by molar-refractivity contribution is -0.117. The molecule has 0 aliphatic carbocycles. The van der Waals surface area contributed by atoms with E-state index in [4.69, 9.17) is 6.42 Å².